The number of rotatable bonds is 4. The molecule has 0 amide bonds. The zero-order valence-corrected chi connectivity index (χ0v) is 11.0. The minimum absolute atomic E-state index is 0.303. The van der Waals surface area contributed by atoms with Crippen LogP contribution in [0, 0.1) is 5.82 Å². The number of hydrogen-bond donors (Lipinski definition) is 2. The minimum Gasteiger partial charge on any atom is -0.324 e. The summed E-state index contributed by atoms with van der Waals surface area (Å²) >= 11 is 0. The smallest absolute Gasteiger partial charge is 0.324 e. The van der Waals surface area contributed by atoms with Crippen molar-refractivity contribution in [1.82, 2.24) is 0 Å². The highest BCUT2D eigenvalue weighted by Gasteiger charge is 2.26. The maximum atomic E-state index is 13.8. The van der Waals surface area contributed by atoms with Gasteiger partial charge in [0.1, 0.15) is 5.82 Å². The van der Waals surface area contributed by atoms with Gasteiger partial charge in [-0.05, 0) is 17.2 Å². The highest BCUT2D eigenvalue weighted by atomic mass is 31.2. The Morgan fingerprint density at radius 2 is 1.58 bits per heavy atom. The Balaban J connectivity index is 2.47. The SMILES string of the molecule is O=P(O)(O)CC(c1ccccc1)c1ccccc1F. The van der Waals surface area contributed by atoms with E-state index in [1.807, 2.05) is 0 Å². The van der Waals surface area contributed by atoms with Crippen molar-refractivity contribution in [2.24, 2.45) is 0 Å². The van der Waals surface area contributed by atoms with Gasteiger partial charge in [-0.3, -0.25) is 4.57 Å². The molecular formula is C14H14FO3P. The van der Waals surface area contributed by atoms with Crippen LogP contribution in [0.5, 0.6) is 0 Å². The van der Waals surface area contributed by atoms with Crippen molar-refractivity contribution in [3.8, 4) is 0 Å². The van der Waals surface area contributed by atoms with Crippen LogP contribution in [0.1, 0.15) is 17.0 Å². The molecule has 2 N–H and O–H groups in total. The standard InChI is InChI=1S/C14H14FO3P/c15-14-9-5-4-8-12(14)13(10-19(16,17)18)11-6-2-1-3-7-11/h1-9,13H,10H2,(H2,16,17,18). The number of halogens is 1. The van der Waals surface area contributed by atoms with Gasteiger partial charge in [0.15, 0.2) is 0 Å². The van der Waals surface area contributed by atoms with E-state index in [9.17, 15) is 18.7 Å². The van der Waals surface area contributed by atoms with Crippen molar-refractivity contribution >= 4 is 7.60 Å². The minimum atomic E-state index is -4.24. The van der Waals surface area contributed by atoms with Gasteiger partial charge in [-0.1, -0.05) is 48.5 Å². The fraction of sp³-hybridized carbons (Fsp3) is 0.143. The maximum Gasteiger partial charge on any atom is 0.326 e. The van der Waals surface area contributed by atoms with Crippen LogP contribution >= 0.6 is 7.60 Å². The van der Waals surface area contributed by atoms with E-state index in [2.05, 4.69) is 0 Å². The average Bonchev–Trinajstić information content (AvgIpc) is 2.37. The molecule has 3 nitrogen and oxygen atoms in total. The topological polar surface area (TPSA) is 57.5 Å². The Hall–Kier alpha value is -1.48. The molecule has 0 fully saturated rings. The first-order chi connectivity index (χ1) is 8.97. The summed E-state index contributed by atoms with van der Waals surface area (Å²) in [4.78, 5) is 18.4. The van der Waals surface area contributed by atoms with Gasteiger partial charge in [-0.15, -0.1) is 0 Å². The Bertz CT molecular complexity index is 595. The second-order valence-corrected chi connectivity index (χ2v) is 6.03. The van der Waals surface area contributed by atoms with E-state index in [0.29, 0.717) is 11.1 Å². The molecule has 5 heteroatoms. The fourth-order valence-electron chi connectivity index (χ4n) is 2.06. The van der Waals surface area contributed by atoms with Crippen molar-refractivity contribution in [2.45, 2.75) is 5.92 Å². The van der Waals surface area contributed by atoms with Gasteiger partial charge < -0.3 is 9.79 Å². The Labute approximate surface area is 110 Å². The Morgan fingerprint density at radius 1 is 1.00 bits per heavy atom. The second kappa shape index (κ2) is 5.66. The molecule has 1 atom stereocenters. The molecule has 2 aromatic rings. The van der Waals surface area contributed by atoms with Crippen molar-refractivity contribution in [2.75, 3.05) is 6.16 Å². The highest BCUT2D eigenvalue weighted by Crippen LogP contribution is 2.43. The summed E-state index contributed by atoms with van der Waals surface area (Å²) in [6, 6.07) is 14.9. The van der Waals surface area contributed by atoms with Gasteiger partial charge in [-0.2, -0.15) is 0 Å². The van der Waals surface area contributed by atoms with Crippen LogP contribution in [0.4, 0.5) is 4.39 Å². The monoisotopic (exact) mass is 280 g/mol. The molecule has 0 aliphatic rings. The first kappa shape index (κ1) is 13.9. The highest BCUT2D eigenvalue weighted by molar-refractivity contribution is 7.51. The van der Waals surface area contributed by atoms with Crippen LogP contribution in [-0.2, 0) is 4.57 Å². The van der Waals surface area contributed by atoms with E-state index in [1.165, 1.54) is 6.07 Å². The van der Waals surface area contributed by atoms with Gasteiger partial charge in [0.25, 0.3) is 0 Å². The van der Waals surface area contributed by atoms with Crippen LogP contribution < -0.4 is 0 Å². The largest absolute Gasteiger partial charge is 0.326 e. The number of benzene rings is 2. The third-order valence-corrected chi connectivity index (χ3v) is 3.74. The third kappa shape index (κ3) is 3.74. The molecule has 2 aromatic carbocycles. The summed E-state index contributed by atoms with van der Waals surface area (Å²) in [5.74, 6) is -1.10. The van der Waals surface area contributed by atoms with Gasteiger partial charge >= 0.3 is 7.60 Å². The molecule has 0 aliphatic heterocycles. The molecule has 100 valence electrons. The first-order valence-corrected chi connectivity index (χ1v) is 7.61. The predicted molar refractivity (Wildman–Crippen MR) is 71.6 cm³/mol. The second-order valence-electron chi connectivity index (χ2n) is 4.33. The predicted octanol–water partition coefficient (Wildman–Crippen LogP) is 3.14. The molecule has 2 rings (SSSR count). The lowest BCUT2D eigenvalue weighted by Gasteiger charge is -2.19. The molecule has 0 aliphatic carbocycles. The Morgan fingerprint density at radius 3 is 2.16 bits per heavy atom. The average molecular weight is 280 g/mol. The zero-order chi connectivity index (χ0) is 13.9. The van der Waals surface area contributed by atoms with E-state index in [4.69, 9.17) is 0 Å². The van der Waals surface area contributed by atoms with E-state index in [-0.39, 0.29) is 0 Å². The van der Waals surface area contributed by atoms with Crippen molar-refractivity contribution in [1.29, 1.82) is 0 Å². The van der Waals surface area contributed by atoms with E-state index in [0.717, 1.165) is 0 Å². The van der Waals surface area contributed by atoms with E-state index >= 15 is 0 Å². The van der Waals surface area contributed by atoms with Crippen LogP contribution in [0.25, 0.3) is 0 Å². The normalized spacial score (nSPS) is 13.2. The summed E-state index contributed by atoms with van der Waals surface area (Å²) in [6.07, 6.45) is -0.405. The molecular weight excluding hydrogens is 266 g/mol. The molecule has 0 bridgehead atoms. The first-order valence-electron chi connectivity index (χ1n) is 5.81. The lowest BCUT2D eigenvalue weighted by molar-refractivity contribution is 0.370. The van der Waals surface area contributed by atoms with E-state index in [1.54, 1.807) is 48.5 Å². The van der Waals surface area contributed by atoms with Crippen molar-refractivity contribution in [3.63, 3.8) is 0 Å². The molecule has 0 aromatic heterocycles. The fourth-order valence-corrected chi connectivity index (χ4v) is 2.95. The van der Waals surface area contributed by atoms with Crippen LogP contribution in [-0.4, -0.2) is 15.9 Å². The van der Waals surface area contributed by atoms with E-state index < -0.39 is 25.5 Å². The van der Waals surface area contributed by atoms with Gasteiger partial charge in [-0.25, -0.2) is 4.39 Å². The summed E-state index contributed by atoms with van der Waals surface area (Å²) in [7, 11) is -4.24. The third-order valence-electron chi connectivity index (χ3n) is 2.90. The molecule has 19 heavy (non-hydrogen) atoms. The van der Waals surface area contributed by atoms with Gasteiger partial charge in [0.05, 0.1) is 6.16 Å². The molecule has 0 saturated carbocycles. The van der Waals surface area contributed by atoms with Gasteiger partial charge in [0, 0.05) is 5.92 Å². The molecule has 0 radical (unpaired) electrons. The molecule has 0 saturated heterocycles. The maximum absolute atomic E-state index is 13.8. The Kier molecular flexibility index (Phi) is 4.15. The summed E-state index contributed by atoms with van der Waals surface area (Å²) in [5, 5.41) is 0. The lowest BCUT2D eigenvalue weighted by atomic mass is 9.93. The molecule has 0 spiro atoms. The molecule has 1 unspecified atom stereocenters. The van der Waals surface area contributed by atoms with Crippen LogP contribution in [0.3, 0.4) is 0 Å². The van der Waals surface area contributed by atoms with Crippen molar-refractivity contribution in [3.05, 3.63) is 71.5 Å². The zero-order valence-electron chi connectivity index (χ0n) is 10.1. The van der Waals surface area contributed by atoms with Gasteiger partial charge in [0.2, 0.25) is 0 Å². The summed E-state index contributed by atoms with van der Waals surface area (Å²) < 4.78 is 25.1. The van der Waals surface area contributed by atoms with Crippen molar-refractivity contribution < 1.29 is 18.7 Å². The quantitative estimate of drug-likeness (QED) is 0.846. The lowest BCUT2D eigenvalue weighted by Crippen LogP contribution is -2.09. The van der Waals surface area contributed by atoms with Crippen LogP contribution in [0.15, 0.2) is 54.6 Å². The molecule has 0 heterocycles. The summed E-state index contributed by atoms with van der Waals surface area (Å²) in [5.41, 5.74) is 0.993. The summed E-state index contributed by atoms with van der Waals surface area (Å²) in [6.45, 7) is 0. The van der Waals surface area contributed by atoms with Crippen LogP contribution in [0.2, 0.25) is 0 Å². The number of hydrogen-bond acceptors (Lipinski definition) is 1.